The Morgan fingerprint density at radius 1 is 0.912 bits per heavy atom. The molecule has 2 aliphatic heterocycles. The van der Waals surface area contributed by atoms with Crippen molar-refractivity contribution < 1.29 is 33.5 Å². The van der Waals surface area contributed by atoms with Crippen molar-refractivity contribution in [2.75, 3.05) is 45.9 Å². The van der Waals surface area contributed by atoms with Crippen molar-refractivity contribution in [1.29, 1.82) is 0 Å². The summed E-state index contributed by atoms with van der Waals surface area (Å²) in [7, 11) is 0. The summed E-state index contributed by atoms with van der Waals surface area (Å²) in [5, 5.41) is 14.2. The Bertz CT molecular complexity index is 1880. The number of carbonyl (C=O) groups excluding carboxylic acids is 6. The van der Waals surface area contributed by atoms with Crippen LogP contribution in [-0.2, 0) is 59.3 Å². The highest BCUT2D eigenvalue weighted by molar-refractivity contribution is 5.97. The van der Waals surface area contributed by atoms with E-state index in [9.17, 15) is 28.8 Å². The Balaban J connectivity index is 1.44. The fourth-order valence-corrected chi connectivity index (χ4v) is 7.09. The zero-order valence-corrected chi connectivity index (χ0v) is 32.0. The molecule has 2 aliphatic rings. The van der Waals surface area contributed by atoms with E-state index in [-0.39, 0.29) is 58.0 Å². The van der Waals surface area contributed by atoms with Crippen molar-refractivity contribution in [1.82, 2.24) is 36.5 Å². The molecule has 0 aliphatic carbocycles. The second-order valence-electron chi connectivity index (χ2n) is 14.3. The second-order valence-corrected chi connectivity index (χ2v) is 14.3. The normalized spacial score (nSPS) is 22.0. The van der Waals surface area contributed by atoms with Crippen LogP contribution < -0.4 is 32.3 Å². The van der Waals surface area contributed by atoms with Crippen LogP contribution in [0.4, 0.5) is 0 Å². The maximum absolute atomic E-state index is 14.6. The molecule has 5 rings (SSSR count). The molecule has 0 spiro atoms. The lowest BCUT2D eigenvalue weighted by molar-refractivity contribution is -0.141. The fraction of sp³-hybridized carbons (Fsp3) is 0.405. The van der Waals surface area contributed by atoms with Gasteiger partial charge in [-0.3, -0.25) is 33.8 Å². The molecule has 3 atom stereocenters. The summed E-state index contributed by atoms with van der Waals surface area (Å²) in [5.74, 6) is -2.71. The number of amides is 6. The molecule has 15 nitrogen and oxygen atoms in total. The topological polar surface area (TPSA) is 214 Å². The summed E-state index contributed by atoms with van der Waals surface area (Å²) in [6, 6.07) is 18.3. The van der Waals surface area contributed by atoms with Crippen LogP contribution in [0.2, 0.25) is 0 Å². The number of hydrogen-bond donors (Lipinski definition) is 6. The van der Waals surface area contributed by atoms with Crippen LogP contribution in [0.25, 0.3) is 0 Å². The number of benzene rings is 2. The molecule has 15 heteroatoms. The van der Waals surface area contributed by atoms with Crippen LogP contribution in [0.5, 0.6) is 0 Å². The number of ether oxygens (including phenoxy) is 1. The van der Waals surface area contributed by atoms with Gasteiger partial charge >= 0.3 is 0 Å². The van der Waals surface area contributed by atoms with E-state index in [1.165, 1.54) is 6.08 Å². The molecule has 6 amide bonds. The maximum atomic E-state index is 14.6. The van der Waals surface area contributed by atoms with Crippen LogP contribution >= 0.6 is 0 Å². The first-order chi connectivity index (χ1) is 27.7. The van der Waals surface area contributed by atoms with E-state index >= 15 is 0 Å². The number of fused-ring (bicyclic) bond motifs is 3. The average Bonchev–Trinajstić information content (AvgIpc) is 3.22. The van der Waals surface area contributed by atoms with Gasteiger partial charge in [-0.1, -0.05) is 60.7 Å². The minimum Gasteiger partial charge on any atom is -0.378 e. The Morgan fingerprint density at radius 2 is 1.68 bits per heavy atom. The lowest BCUT2D eigenvalue weighted by atomic mass is 9.74. The van der Waals surface area contributed by atoms with Gasteiger partial charge in [0.15, 0.2) is 0 Å². The van der Waals surface area contributed by atoms with E-state index in [1.807, 2.05) is 36.4 Å². The van der Waals surface area contributed by atoms with Gasteiger partial charge < -0.3 is 42.0 Å². The Labute approximate surface area is 332 Å². The molecule has 0 unspecified atom stereocenters. The van der Waals surface area contributed by atoms with E-state index in [4.69, 9.17) is 10.5 Å². The molecular weight excluding hydrogens is 729 g/mol. The second kappa shape index (κ2) is 21.4. The third-order valence-corrected chi connectivity index (χ3v) is 10.0. The summed E-state index contributed by atoms with van der Waals surface area (Å²) in [5.41, 5.74) is 7.33. The molecule has 2 aromatic carbocycles. The fourth-order valence-electron chi connectivity index (χ4n) is 7.09. The third kappa shape index (κ3) is 12.8. The number of piperidine rings is 1. The van der Waals surface area contributed by atoms with Crippen LogP contribution in [0.15, 0.2) is 91.3 Å². The molecule has 3 aromatic rings. The molecule has 57 heavy (non-hydrogen) atoms. The number of nitrogens with one attached hydrogen (secondary N) is 5. The summed E-state index contributed by atoms with van der Waals surface area (Å²) < 4.78 is 5.34. The monoisotopic (exact) mass is 780 g/mol. The minimum atomic E-state index is -1.08. The first-order valence-corrected chi connectivity index (χ1v) is 19.3. The Hall–Kier alpha value is -5.93. The van der Waals surface area contributed by atoms with Crippen molar-refractivity contribution in [3.63, 3.8) is 0 Å². The quantitative estimate of drug-likeness (QED) is 0.158. The number of carbonyl (C=O) groups is 6. The van der Waals surface area contributed by atoms with Gasteiger partial charge in [0.1, 0.15) is 12.1 Å². The molecule has 0 radical (unpaired) electrons. The predicted octanol–water partition coefficient (Wildman–Crippen LogP) is 0.472. The lowest BCUT2D eigenvalue weighted by Gasteiger charge is -2.42. The number of nitrogens with two attached hydrogens (primary N) is 1. The maximum Gasteiger partial charge on any atom is 0.246 e. The highest BCUT2D eigenvalue weighted by atomic mass is 16.5. The van der Waals surface area contributed by atoms with Gasteiger partial charge in [0.05, 0.1) is 25.0 Å². The zero-order valence-electron chi connectivity index (χ0n) is 32.0. The van der Waals surface area contributed by atoms with Gasteiger partial charge in [-0.15, -0.1) is 0 Å². The van der Waals surface area contributed by atoms with E-state index in [2.05, 4.69) is 31.6 Å². The average molecular weight is 781 g/mol. The Morgan fingerprint density at radius 3 is 2.46 bits per heavy atom. The van der Waals surface area contributed by atoms with Gasteiger partial charge in [-0.25, -0.2) is 0 Å². The van der Waals surface area contributed by atoms with Gasteiger partial charge in [0.25, 0.3) is 0 Å². The molecule has 7 N–H and O–H groups in total. The van der Waals surface area contributed by atoms with E-state index in [1.54, 1.807) is 47.6 Å². The van der Waals surface area contributed by atoms with Gasteiger partial charge in [-0.05, 0) is 54.0 Å². The first kappa shape index (κ1) is 42.2. The molecule has 2 bridgehead atoms. The van der Waals surface area contributed by atoms with Crippen LogP contribution in [0.3, 0.4) is 0 Å². The predicted molar refractivity (Wildman–Crippen MR) is 212 cm³/mol. The molecule has 1 aromatic heterocycles. The number of aromatic nitrogens is 1. The van der Waals surface area contributed by atoms with Crippen molar-refractivity contribution in [2.24, 2.45) is 11.1 Å². The third-order valence-electron chi connectivity index (χ3n) is 10.0. The number of nitrogens with zero attached hydrogens (tertiary/aromatic N) is 2. The van der Waals surface area contributed by atoms with Crippen LogP contribution in [-0.4, -0.2) is 103 Å². The van der Waals surface area contributed by atoms with E-state index in [0.717, 1.165) is 17.2 Å². The largest absolute Gasteiger partial charge is 0.378 e. The van der Waals surface area contributed by atoms with Crippen LogP contribution in [0, 0.1) is 5.41 Å². The van der Waals surface area contributed by atoms with Crippen molar-refractivity contribution >= 4 is 35.4 Å². The molecular formula is C42H52N8O7. The highest BCUT2D eigenvalue weighted by Gasteiger charge is 2.44. The summed E-state index contributed by atoms with van der Waals surface area (Å²) >= 11 is 0. The van der Waals surface area contributed by atoms with Crippen molar-refractivity contribution in [3.8, 4) is 0 Å². The molecule has 3 heterocycles. The molecule has 1 fully saturated rings. The SMILES string of the molecule is NCCOCCNC(=O)[C@@H]1CCNC(=O)/C=C/C(=O)N2CCC[C@](Cc3ccccc3)(C2)C(=O)N[C@@H](Cc2cccnc2)C(=O)NCc2ccccc2CC(=O)N1. The summed E-state index contributed by atoms with van der Waals surface area (Å²) in [6.45, 7) is 1.63. The summed E-state index contributed by atoms with van der Waals surface area (Å²) in [6.07, 6.45) is 6.99. The van der Waals surface area contributed by atoms with Gasteiger partial charge in [-0.2, -0.15) is 0 Å². The minimum absolute atomic E-state index is 0.0201. The highest BCUT2D eigenvalue weighted by Crippen LogP contribution is 2.35. The van der Waals surface area contributed by atoms with E-state index in [0.29, 0.717) is 50.1 Å². The van der Waals surface area contributed by atoms with Gasteiger partial charge in [0.2, 0.25) is 35.4 Å². The van der Waals surface area contributed by atoms with Crippen LogP contribution in [0.1, 0.15) is 41.5 Å². The standard InChI is InChI=1S/C42H52N8O7/c43-17-22-57-23-20-46-39(54)34-15-19-45-36(51)13-14-38(53)50-21-7-16-42(29-50,26-30-8-2-1-3-9-30)41(56)49-35(24-31-10-6-18-44-27-31)40(55)47-28-33-12-5-4-11-32(33)25-37(52)48-34/h1-6,8-14,18,27,34-35H,7,15-17,19-26,28-29,43H2,(H,45,51)(H,46,54)(H,47,55)(H,48,52)(H,49,56)/b14-13+/t34-,35-,42-/m0/s1. The van der Waals surface area contributed by atoms with Crippen molar-refractivity contribution in [3.05, 3.63) is 114 Å². The zero-order chi connectivity index (χ0) is 40.5. The number of rotatable bonds is 10. The van der Waals surface area contributed by atoms with E-state index < -0.39 is 47.0 Å². The Kier molecular flexibility index (Phi) is 15.8. The van der Waals surface area contributed by atoms with Gasteiger partial charge in [0, 0.05) is 70.2 Å². The number of pyridine rings is 1. The molecule has 302 valence electrons. The molecule has 1 saturated heterocycles. The van der Waals surface area contributed by atoms with Crippen molar-refractivity contribution in [2.45, 2.75) is 57.2 Å². The number of hydrogen-bond acceptors (Lipinski definition) is 9. The first-order valence-electron chi connectivity index (χ1n) is 19.3. The lowest BCUT2D eigenvalue weighted by Crippen LogP contribution is -2.58. The molecule has 0 saturated carbocycles. The summed E-state index contributed by atoms with van der Waals surface area (Å²) in [4.78, 5) is 87.5. The smallest absolute Gasteiger partial charge is 0.246 e.